The van der Waals surface area contributed by atoms with Gasteiger partial charge in [-0.25, -0.2) is 4.39 Å². The fraction of sp³-hybridized carbons (Fsp3) is 0.111. The number of halogens is 2. The Morgan fingerprint density at radius 2 is 2.31 bits per heavy atom. The third-order valence-corrected chi connectivity index (χ3v) is 1.84. The Balaban J connectivity index is 3.02. The van der Waals surface area contributed by atoms with Gasteiger partial charge in [0.25, 0.3) is 0 Å². The van der Waals surface area contributed by atoms with Gasteiger partial charge in [0.15, 0.2) is 5.82 Å². The second-order valence-corrected chi connectivity index (χ2v) is 2.90. The van der Waals surface area contributed by atoms with E-state index in [1.807, 2.05) is 0 Å². The van der Waals surface area contributed by atoms with E-state index in [2.05, 4.69) is 11.9 Å². The van der Waals surface area contributed by atoms with Gasteiger partial charge in [-0.1, -0.05) is 17.7 Å². The summed E-state index contributed by atoms with van der Waals surface area (Å²) in [5, 5.41) is 2.83. The van der Waals surface area contributed by atoms with Crippen molar-refractivity contribution in [2.24, 2.45) is 0 Å². The standard InChI is InChI=1S/C9H10ClFN2/c1-2-5-13-9-7(12)4-3-6(10)8(9)11/h2-4,13H,1,5,12H2. The summed E-state index contributed by atoms with van der Waals surface area (Å²) in [4.78, 5) is 0. The van der Waals surface area contributed by atoms with Crippen molar-refractivity contribution in [2.45, 2.75) is 0 Å². The van der Waals surface area contributed by atoms with Crippen molar-refractivity contribution in [1.82, 2.24) is 0 Å². The number of rotatable bonds is 3. The second kappa shape index (κ2) is 4.14. The number of nitrogen functional groups attached to an aromatic ring is 1. The summed E-state index contributed by atoms with van der Waals surface area (Å²) in [6, 6.07) is 2.97. The maximum Gasteiger partial charge on any atom is 0.166 e. The highest BCUT2D eigenvalue weighted by Crippen LogP contribution is 2.27. The van der Waals surface area contributed by atoms with E-state index < -0.39 is 5.82 Å². The van der Waals surface area contributed by atoms with E-state index in [1.54, 1.807) is 12.1 Å². The molecule has 3 N–H and O–H groups in total. The fourth-order valence-corrected chi connectivity index (χ4v) is 1.08. The summed E-state index contributed by atoms with van der Waals surface area (Å²) in [6.07, 6.45) is 1.61. The molecule has 0 bridgehead atoms. The molecule has 13 heavy (non-hydrogen) atoms. The minimum Gasteiger partial charge on any atom is -0.397 e. The zero-order valence-corrected chi connectivity index (χ0v) is 7.74. The molecule has 0 aliphatic carbocycles. The Bertz CT molecular complexity index is 326. The fourth-order valence-electron chi connectivity index (χ4n) is 0.919. The first-order valence-corrected chi connectivity index (χ1v) is 4.13. The highest BCUT2D eigenvalue weighted by Gasteiger charge is 2.08. The Kier molecular flexibility index (Phi) is 3.14. The zero-order valence-electron chi connectivity index (χ0n) is 6.98. The Morgan fingerprint density at radius 1 is 1.62 bits per heavy atom. The van der Waals surface area contributed by atoms with Gasteiger partial charge >= 0.3 is 0 Å². The number of hydrogen-bond donors (Lipinski definition) is 2. The summed E-state index contributed by atoms with van der Waals surface area (Å²) in [5.74, 6) is -0.525. The third-order valence-electron chi connectivity index (χ3n) is 1.55. The first-order chi connectivity index (χ1) is 6.16. The minimum absolute atomic E-state index is 0.0563. The van der Waals surface area contributed by atoms with E-state index >= 15 is 0 Å². The third kappa shape index (κ3) is 2.12. The van der Waals surface area contributed by atoms with E-state index in [0.29, 0.717) is 12.2 Å². The van der Waals surface area contributed by atoms with E-state index in [0.717, 1.165) is 0 Å². The second-order valence-electron chi connectivity index (χ2n) is 2.50. The van der Waals surface area contributed by atoms with Gasteiger partial charge in [0.05, 0.1) is 16.4 Å². The minimum atomic E-state index is -0.525. The van der Waals surface area contributed by atoms with Gasteiger partial charge in [0.1, 0.15) is 0 Å². The van der Waals surface area contributed by atoms with Crippen LogP contribution in [0.1, 0.15) is 0 Å². The molecule has 1 aromatic rings. The lowest BCUT2D eigenvalue weighted by atomic mass is 10.2. The number of nitrogens with one attached hydrogen (secondary N) is 1. The lowest BCUT2D eigenvalue weighted by Gasteiger charge is -2.08. The van der Waals surface area contributed by atoms with Crippen molar-refractivity contribution in [2.75, 3.05) is 17.6 Å². The molecule has 0 aromatic heterocycles. The SMILES string of the molecule is C=CCNc1c(N)ccc(Cl)c1F. The van der Waals surface area contributed by atoms with Crippen molar-refractivity contribution in [3.05, 3.63) is 35.6 Å². The zero-order chi connectivity index (χ0) is 9.84. The maximum atomic E-state index is 13.3. The van der Waals surface area contributed by atoms with Crippen molar-refractivity contribution in [3.8, 4) is 0 Å². The highest BCUT2D eigenvalue weighted by atomic mass is 35.5. The molecule has 2 nitrogen and oxygen atoms in total. The van der Waals surface area contributed by atoms with Crippen molar-refractivity contribution in [1.29, 1.82) is 0 Å². The van der Waals surface area contributed by atoms with Crippen molar-refractivity contribution < 1.29 is 4.39 Å². The molecule has 0 saturated carbocycles. The summed E-state index contributed by atoms with van der Waals surface area (Å²) in [7, 11) is 0. The monoisotopic (exact) mass is 200 g/mol. The Morgan fingerprint density at radius 3 is 2.92 bits per heavy atom. The van der Waals surface area contributed by atoms with E-state index in [1.165, 1.54) is 6.07 Å². The average Bonchev–Trinajstić information content (AvgIpc) is 2.12. The number of nitrogens with two attached hydrogens (primary N) is 1. The lowest BCUT2D eigenvalue weighted by Crippen LogP contribution is -2.04. The van der Waals surface area contributed by atoms with Crippen LogP contribution in [-0.4, -0.2) is 6.54 Å². The van der Waals surface area contributed by atoms with Crippen LogP contribution in [0.5, 0.6) is 0 Å². The largest absolute Gasteiger partial charge is 0.397 e. The Labute approximate surface area is 81.2 Å². The molecule has 4 heteroatoms. The van der Waals surface area contributed by atoms with Crippen LogP contribution in [0.2, 0.25) is 5.02 Å². The number of hydrogen-bond acceptors (Lipinski definition) is 2. The topological polar surface area (TPSA) is 38.0 Å². The molecule has 0 spiro atoms. The van der Waals surface area contributed by atoms with Gasteiger partial charge in [0.2, 0.25) is 0 Å². The summed E-state index contributed by atoms with van der Waals surface area (Å²) >= 11 is 5.57. The molecular formula is C9H10ClFN2. The molecule has 0 aliphatic rings. The van der Waals surface area contributed by atoms with Crippen LogP contribution in [0.25, 0.3) is 0 Å². The lowest BCUT2D eigenvalue weighted by molar-refractivity contribution is 0.632. The van der Waals surface area contributed by atoms with Gasteiger partial charge < -0.3 is 11.1 Å². The van der Waals surface area contributed by atoms with Gasteiger partial charge in [-0.2, -0.15) is 0 Å². The normalized spacial score (nSPS) is 9.69. The molecule has 0 unspecified atom stereocenters. The predicted molar refractivity (Wildman–Crippen MR) is 54.5 cm³/mol. The first kappa shape index (κ1) is 9.86. The van der Waals surface area contributed by atoms with Crippen molar-refractivity contribution >= 4 is 23.0 Å². The van der Waals surface area contributed by atoms with Crippen LogP contribution >= 0.6 is 11.6 Å². The quantitative estimate of drug-likeness (QED) is 0.582. The van der Waals surface area contributed by atoms with Gasteiger partial charge in [-0.15, -0.1) is 6.58 Å². The number of anilines is 2. The van der Waals surface area contributed by atoms with Crippen LogP contribution < -0.4 is 11.1 Å². The van der Waals surface area contributed by atoms with Gasteiger partial charge in [-0.3, -0.25) is 0 Å². The maximum absolute atomic E-state index is 13.3. The van der Waals surface area contributed by atoms with Crippen LogP contribution in [-0.2, 0) is 0 Å². The van der Waals surface area contributed by atoms with Crippen LogP contribution in [0.15, 0.2) is 24.8 Å². The molecule has 1 rings (SSSR count). The van der Waals surface area contributed by atoms with Crippen LogP contribution in [0, 0.1) is 5.82 Å². The summed E-state index contributed by atoms with van der Waals surface area (Å²) in [5.41, 5.74) is 6.10. The number of benzene rings is 1. The highest BCUT2D eigenvalue weighted by molar-refractivity contribution is 6.31. The van der Waals surface area contributed by atoms with E-state index in [-0.39, 0.29) is 10.7 Å². The van der Waals surface area contributed by atoms with E-state index in [9.17, 15) is 4.39 Å². The van der Waals surface area contributed by atoms with Crippen molar-refractivity contribution in [3.63, 3.8) is 0 Å². The molecule has 0 radical (unpaired) electrons. The van der Waals surface area contributed by atoms with E-state index in [4.69, 9.17) is 17.3 Å². The molecule has 0 saturated heterocycles. The molecule has 0 heterocycles. The molecular weight excluding hydrogens is 191 g/mol. The molecule has 0 amide bonds. The van der Waals surface area contributed by atoms with Crippen LogP contribution in [0.3, 0.4) is 0 Å². The smallest absolute Gasteiger partial charge is 0.166 e. The summed E-state index contributed by atoms with van der Waals surface area (Å²) in [6.45, 7) is 3.94. The molecule has 0 aliphatic heterocycles. The first-order valence-electron chi connectivity index (χ1n) is 3.75. The average molecular weight is 201 g/mol. The predicted octanol–water partition coefficient (Wildman–Crippen LogP) is 2.66. The molecule has 0 atom stereocenters. The molecule has 0 fully saturated rings. The molecule has 70 valence electrons. The van der Waals surface area contributed by atoms with Crippen LogP contribution in [0.4, 0.5) is 15.8 Å². The van der Waals surface area contributed by atoms with Gasteiger partial charge in [-0.05, 0) is 12.1 Å². The van der Waals surface area contributed by atoms with Gasteiger partial charge in [0, 0.05) is 6.54 Å². The Hall–Kier alpha value is -1.22. The molecule has 1 aromatic carbocycles. The summed E-state index contributed by atoms with van der Waals surface area (Å²) < 4.78 is 13.3.